The van der Waals surface area contributed by atoms with Gasteiger partial charge in [-0.3, -0.25) is 14.9 Å². The van der Waals surface area contributed by atoms with Gasteiger partial charge in [0.1, 0.15) is 0 Å². The molecule has 7 nitrogen and oxygen atoms in total. The van der Waals surface area contributed by atoms with E-state index < -0.39 is 4.92 Å². The number of ketones is 1. The van der Waals surface area contributed by atoms with Gasteiger partial charge in [0.25, 0.3) is 5.69 Å². The SMILES string of the molecule is COc1cc(/C=C/C(=O)c2ccc(N(C)C)cc2)c([N+](=O)[O-])cc1OC. The fourth-order valence-electron chi connectivity index (χ4n) is 2.36. The molecule has 0 N–H and O–H groups in total. The molecule has 2 rings (SSSR count). The summed E-state index contributed by atoms with van der Waals surface area (Å²) in [7, 11) is 6.66. The van der Waals surface area contributed by atoms with E-state index in [-0.39, 0.29) is 22.8 Å². The van der Waals surface area contributed by atoms with Gasteiger partial charge in [-0.05, 0) is 42.5 Å². The Morgan fingerprint density at radius 2 is 1.65 bits per heavy atom. The normalized spacial score (nSPS) is 10.6. The van der Waals surface area contributed by atoms with Gasteiger partial charge in [0.05, 0.1) is 30.8 Å². The van der Waals surface area contributed by atoms with Gasteiger partial charge >= 0.3 is 0 Å². The van der Waals surface area contributed by atoms with Crippen molar-refractivity contribution in [1.29, 1.82) is 0 Å². The van der Waals surface area contributed by atoms with Crippen LogP contribution in [0.25, 0.3) is 6.08 Å². The number of methoxy groups -OCH3 is 2. The summed E-state index contributed by atoms with van der Waals surface area (Å²) in [6.07, 6.45) is 2.71. The van der Waals surface area contributed by atoms with Crippen molar-refractivity contribution in [2.45, 2.75) is 0 Å². The Morgan fingerprint density at radius 3 is 2.15 bits per heavy atom. The van der Waals surface area contributed by atoms with Crippen molar-refractivity contribution in [2.75, 3.05) is 33.2 Å². The standard InChI is InChI=1S/C19H20N2O5/c1-20(2)15-8-5-13(6-9-15)17(22)10-7-14-11-18(25-3)19(26-4)12-16(14)21(23)24/h5-12H,1-4H3/b10-7+. The van der Waals surface area contributed by atoms with E-state index in [4.69, 9.17) is 9.47 Å². The van der Waals surface area contributed by atoms with Crippen molar-refractivity contribution in [2.24, 2.45) is 0 Å². The number of nitro benzene ring substituents is 1. The Hall–Kier alpha value is -3.35. The monoisotopic (exact) mass is 356 g/mol. The summed E-state index contributed by atoms with van der Waals surface area (Å²) < 4.78 is 10.3. The summed E-state index contributed by atoms with van der Waals surface area (Å²) in [6.45, 7) is 0. The highest BCUT2D eigenvalue weighted by Gasteiger charge is 2.18. The third kappa shape index (κ3) is 4.18. The Morgan fingerprint density at radius 1 is 1.08 bits per heavy atom. The molecular weight excluding hydrogens is 336 g/mol. The van der Waals surface area contributed by atoms with Gasteiger partial charge < -0.3 is 14.4 Å². The molecule has 0 atom stereocenters. The molecule has 0 amide bonds. The molecule has 0 spiro atoms. The number of benzene rings is 2. The molecule has 0 aliphatic heterocycles. The number of rotatable bonds is 7. The lowest BCUT2D eigenvalue weighted by Gasteiger charge is -2.12. The number of ether oxygens (including phenoxy) is 2. The van der Waals surface area contributed by atoms with Crippen LogP contribution in [0.2, 0.25) is 0 Å². The van der Waals surface area contributed by atoms with E-state index in [0.717, 1.165) is 5.69 Å². The van der Waals surface area contributed by atoms with E-state index in [1.807, 2.05) is 31.1 Å². The van der Waals surface area contributed by atoms with Crippen LogP contribution in [0.4, 0.5) is 11.4 Å². The summed E-state index contributed by atoms with van der Waals surface area (Å²) in [5.41, 5.74) is 1.55. The van der Waals surface area contributed by atoms with Gasteiger partial charge in [-0.2, -0.15) is 0 Å². The Kier molecular flexibility index (Phi) is 5.95. The second-order valence-electron chi connectivity index (χ2n) is 5.66. The van der Waals surface area contributed by atoms with Crippen molar-refractivity contribution >= 4 is 23.2 Å². The summed E-state index contributed by atoms with van der Waals surface area (Å²) in [6, 6.07) is 9.83. The molecule has 7 heteroatoms. The van der Waals surface area contributed by atoms with Gasteiger partial charge in [0.2, 0.25) is 0 Å². The van der Waals surface area contributed by atoms with E-state index in [9.17, 15) is 14.9 Å². The molecule has 0 bridgehead atoms. The van der Waals surface area contributed by atoms with Gasteiger partial charge in [-0.1, -0.05) is 0 Å². The average molecular weight is 356 g/mol. The quantitative estimate of drug-likeness (QED) is 0.326. The second-order valence-corrected chi connectivity index (χ2v) is 5.66. The first-order chi connectivity index (χ1) is 12.4. The molecule has 0 aliphatic carbocycles. The van der Waals surface area contributed by atoms with Gasteiger partial charge in [-0.25, -0.2) is 0 Å². The van der Waals surface area contributed by atoms with Crippen LogP contribution >= 0.6 is 0 Å². The van der Waals surface area contributed by atoms with Crippen LogP contribution < -0.4 is 14.4 Å². The minimum absolute atomic E-state index is 0.172. The van der Waals surface area contributed by atoms with Crippen LogP contribution in [-0.2, 0) is 0 Å². The van der Waals surface area contributed by atoms with Gasteiger partial charge in [-0.15, -0.1) is 0 Å². The first kappa shape index (κ1) is 19.0. The molecule has 0 radical (unpaired) electrons. The minimum Gasteiger partial charge on any atom is -0.493 e. The average Bonchev–Trinajstić information content (AvgIpc) is 2.65. The maximum absolute atomic E-state index is 12.3. The number of carbonyl (C=O) groups excluding carboxylic acids is 1. The van der Waals surface area contributed by atoms with Crippen molar-refractivity contribution in [3.05, 3.63) is 63.7 Å². The van der Waals surface area contributed by atoms with E-state index in [1.165, 1.54) is 38.5 Å². The van der Waals surface area contributed by atoms with E-state index >= 15 is 0 Å². The van der Waals surface area contributed by atoms with Gasteiger partial charge in [0, 0.05) is 25.3 Å². The largest absolute Gasteiger partial charge is 0.493 e. The van der Waals surface area contributed by atoms with Crippen LogP contribution in [0.1, 0.15) is 15.9 Å². The first-order valence-electron chi connectivity index (χ1n) is 7.77. The first-order valence-corrected chi connectivity index (χ1v) is 7.77. The predicted octanol–water partition coefficient (Wildman–Crippen LogP) is 3.57. The number of allylic oxidation sites excluding steroid dienone is 1. The Labute approximate surface area is 151 Å². The zero-order valence-corrected chi connectivity index (χ0v) is 15.1. The van der Waals surface area contributed by atoms with Crippen LogP contribution in [-0.4, -0.2) is 39.0 Å². The summed E-state index contributed by atoms with van der Waals surface area (Å²) in [4.78, 5) is 25.0. The summed E-state index contributed by atoms with van der Waals surface area (Å²) in [5, 5.41) is 11.3. The highest BCUT2D eigenvalue weighted by molar-refractivity contribution is 6.07. The van der Waals surface area contributed by atoms with Crippen LogP contribution in [0.15, 0.2) is 42.5 Å². The van der Waals surface area contributed by atoms with E-state index in [2.05, 4.69) is 0 Å². The zero-order chi connectivity index (χ0) is 19.3. The molecule has 0 aliphatic rings. The molecule has 136 valence electrons. The molecule has 0 heterocycles. The van der Waals surface area contributed by atoms with E-state index in [0.29, 0.717) is 11.3 Å². The van der Waals surface area contributed by atoms with Crippen molar-refractivity contribution in [3.8, 4) is 11.5 Å². The molecule has 2 aromatic carbocycles. The summed E-state index contributed by atoms with van der Waals surface area (Å²) in [5.74, 6) is 0.349. The van der Waals surface area contributed by atoms with Gasteiger partial charge in [0.15, 0.2) is 17.3 Å². The number of nitro groups is 1. The third-order valence-electron chi connectivity index (χ3n) is 3.81. The Bertz CT molecular complexity index is 842. The predicted molar refractivity (Wildman–Crippen MR) is 100 cm³/mol. The molecule has 0 unspecified atom stereocenters. The number of anilines is 1. The zero-order valence-electron chi connectivity index (χ0n) is 15.1. The second kappa shape index (κ2) is 8.15. The molecular formula is C19H20N2O5. The summed E-state index contributed by atoms with van der Waals surface area (Å²) >= 11 is 0. The molecule has 0 saturated carbocycles. The van der Waals surface area contributed by atoms with Crippen LogP contribution in [0, 0.1) is 10.1 Å². The fourth-order valence-corrected chi connectivity index (χ4v) is 2.36. The maximum Gasteiger partial charge on any atom is 0.280 e. The molecule has 0 aromatic heterocycles. The fraction of sp³-hybridized carbons (Fsp3) is 0.211. The highest BCUT2D eigenvalue weighted by atomic mass is 16.6. The maximum atomic E-state index is 12.3. The number of hydrogen-bond donors (Lipinski definition) is 0. The minimum atomic E-state index is -0.530. The van der Waals surface area contributed by atoms with Crippen molar-refractivity contribution in [1.82, 2.24) is 0 Å². The Balaban J connectivity index is 2.33. The van der Waals surface area contributed by atoms with Crippen molar-refractivity contribution < 1.29 is 19.2 Å². The topological polar surface area (TPSA) is 81.9 Å². The smallest absolute Gasteiger partial charge is 0.280 e. The van der Waals surface area contributed by atoms with Crippen LogP contribution in [0.3, 0.4) is 0 Å². The molecule has 26 heavy (non-hydrogen) atoms. The number of carbonyl (C=O) groups is 1. The van der Waals surface area contributed by atoms with Crippen molar-refractivity contribution in [3.63, 3.8) is 0 Å². The molecule has 0 fully saturated rings. The number of nitrogens with zero attached hydrogens (tertiary/aromatic N) is 2. The lowest BCUT2D eigenvalue weighted by atomic mass is 10.1. The highest BCUT2D eigenvalue weighted by Crippen LogP contribution is 2.35. The number of hydrogen-bond acceptors (Lipinski definition) is 6. The van der Waals surface area contributed by atoms with E-state index in [1.54, 1.807) is 12.1 Å². The third-order valence-corrected chi connectivity index (χ3v) is 3.81. The lowest BCUT2D eigenvalue weighted by molar-refractivity contribution is -0.385. The lowest BCUT2D eigenvalue weighted by Crippen LogP contribution is -2.08. The molecule has 0 saturated heterocycles. The molecule has 2 aromatic rings. The van der Waals surface area contributed by atoms with Crippen LogP contribution in [0.5, 0.6) is 11.5 Å².